The van der Waals surface area contributed by atoms with E-state index < -0.39 is 42.3 Å². The van der Waals surface area contributed by atoms with Crippen LogP contribution in [0.15, 0.2) is 48.5 Å². The fourth-order valence-electron chi connectivity index (χ4n) is 2.56. The normalized spacial score (nSPS) is 11.8. The van der Waals surface area contributed by atoms with Gasteiger partial charge in [0.1, 0.15) is 5.60 Å². The molecule has 2 rings (SSSR count). The van der Waals surface area contributed by atoms with E-state index >= 15 is 0 Å². The van der Waals surface area contributed by atoms with Crippen molar-refractivity contribution >= 4 is 29.2 Å². The average Bonchev–Trinajstić information content (AvgIpc) is 2.72. The number of benzene rings is 2. The summed E-state index contributed by atoms with van der Waals surface area (Å²) in [5, 5.41) is 2.57. The quantitative estimate of drug-likeness (QED) is 0.312. The Morgan fingerprint density at radius 2 is 1.51 bits per heavy atom. The summed E-state index contributed by atoms with van der Waals surface area (Å²) in [6.45, 7) is 5.30. The molecule has 0 fully saturated rings. The Morgan fingerprint density at radius 1 is 0.914 bits per heavy atom. The number of ether oxygens (including phenoxy) is 1. The van der Waals surface area contributed by atoms with Gasteiger partial charge in [0.15, 0.2) is 0 Å². The lowest BCUT2D eigenvalue weighted by Crippen LogP contribution is -2.24. The first-order chi connectivity index (χ1) is 16.0. The Bertz CT molecular complexity index is 970. The fourth-order valence-corrected chi connectivity index (χ4v) is 2.72. The topological polar surface area (TPSA) is 55.4 Å². The summed E-state index contributed by atoms with van der Waals surface area (Å²) in [6.07, 6.45) is -9.98. The summed E-state index contributed by atoms with van der Waals surface area (Å²) in [5.74, 6) is -1.14. The van der Waals surface area contributed by atoms with Gasteiger partial charge in [0.05, 0.1) is 22.7 Å². The SMILES string of the molecule is CC(C)(C)OC(=O)CCc1ccc(Cl)c(NC(=O)CCC(F)(F)F)c1.FC(F)(F)c1ccccc1. The zero-order valence-electron chi connectivity index (χ0n) is 19.3. The van der Waals surface area contributed by atoms with Gasteiger partial charge in [-0.15, -0.1) is 0 Å². The minimum absolute atomic E-state index is 0.139. The van der Waals surface area contributed by atoms with Gasteiger partial charge in [-0.3, -0.25) is 9.59 Å². The van der Waals surface area contributed by atoms with Gasteiger partial charge in [-0.05, 0) is 44.9 Å². The fraction of sp³-hybridized carbons (Fsp3) is 0.417. The summed E-state index contributed by atoms with van der Waals surface area (Å²) >= 11 is 5.95. The molecule has 0 bridgehead atoms. The highest BCUT2D eigenvalue weighted by Gasteiger charge is 2.29. The molecular weight excluding hydrogens is 500 g/mol. The second-order valence-electron chi connectivity index (χ2n) is 8.43. The van der Waals surface area contributed by atoms with E-state index in [9.17, 15) is 35.9 Å². The molecule has 35 heavy (non-hydrogen) atoms. The number of nitrogens with one attached hydrogen (secondary N) is 1. The lowest BCUT2D eigenvalue weighted by molar-refractivity contribution is -0.154. The van der Waals surface area contributed by atoms with E-state index in [1.807, 2.05) is 0 Å². The number of halogens is 7. The Kier molecular flexibility index (Phi) is 11.1. The molecule has 194 valence electrons. The van der Waals surface area contributed by atoms with Crippen molar-refractivity contribution in [1.29, 1.82) is 0 Å². The molecule has 0 aromatic heterocycles. The monoisotopic (exact) mass is 525 g/mol. The van der Waals surface area contributed by atoms with Crippen molar-refractivity contribution in [3.8, 4) is 0 Å². The second-order valence-corrected chi connectivity index (χ2v) is 8.83. The van der Waals surface area contributed by atoms with Crippen LogP contribution in [0, 0.1) is 0 Å². The minimum atomic E-state index is -4.39. The predicted octanol–water partition coefficient (Wildman–Crippen LogP) is 7.60. The molecule has 1 amide bonds. The number of esters is 1. The maximum Gasteiger partial charge on any atom is 0.416 e. The number of anilines is 1. The third kappa shape index (κ3) is 13.7. The molecule has 0 spiro atoms. The molecule has 1 N–H and O–H groups in total. The van der Waals surface area contributed by atoms with Gasteiger partial charge in [0.25, 0.3) is 0 Å². The summed E-state index contributed by atoms with van der Waals surface area (Å²) in [5.41, 5.74) is -0.249. The van der Waals surface area contributed by atoms with E-state index in [1.165, 1.54) is 24.3 Å². The first-order valence-electron chi connectivity index (χ1n) is 10.5. The van der Waals surface area contributed by atoms with Crippen molar-refractivity contribution in [2.75, 3.05) is 5.32 Å². The van der Waals surface area contributed by atoms with Crippen LogP contribution in [0.4, 0.5) is 32.0 Å². The summed E-state index contributed by atoms with van der Waals surface area (Å²) < 4.78 is 77.0. The molecule has 0 aliphatic heterocycles. The largest absolute Gasteiger partial charge is 0.460 e. The van der Waals surface area contributed by atoms with Crippen molar-refractivity contribution in [3.05, 3.63) is 64.7 Å². The number of rotatable bonds is 6. The molecular formula is C24H26ClF6NO3. The second kappa shape index (κ2) is 12.8. The van der Waals surface area contributed by atoms with Crippen LogP contribution in [0.2, 0.25) is 5.02 Å². The molecule has 11 heteroatoms. The third-order valence-electron chi connectivity index (χ3n) is 4.08. The first kappa shape index (κ1) is 30.3. The number of hydrogen-bond donors (Lipinski definition) is 1. The number of carbonyl (C=O) groups is 2. The van der Waals surface area contributed by atoms with Gasteiger partial charge in [-0.2, -0.15) is 26.3 Å². The summed E-state index contributed by atoms with van der Waals surface area (Å²) in [4.78, 5) is 23.3. The molecule has 0 atom stereocenters. The van der Waals surface area contributed by atoms with Crippen molar-refractivity contribution in [2.24, 2.45) is 0 Å². The molecule has 0 saturated carbocycles. The first-order valence-corrected chi connectivity index (χ1v) is 10.8. The van der Waals surface area contributed by atoms with Gasteiger partial charge in [0, 0.05) is 12.8 Å². The zero-order chi connectivity index (χ0) is 26.9. The smallest absolute Gasteiger partial charge is 0.416 e. The van der Waals surface area contributed by atoms with Crippen LogP contribution in [0.5, 0.6) is 0 Å². The molecule has 0 heterocycles. The molecule has 2 aromatic rings. The lowest BCUT2D eigenvalue weighted by Gasteiger charge is -2.19. The number of carbonyl (C=O) groups excluding carboxylic acids is 2. The molecule has 0 aliphatic carbocycles. The van der Waals surface area contributed by atoms with Gasteiger partial charge in [-0.1, -0.05) is 48.0 Å². The third-order valence-corrected chi connectivity index (χ3v) is 4.41. The van der Waals surface area contributed by atoms with Crippen LogP contribution >= 0.6 is 11.6 Å². The van der Waals surface area contributed by atoms with Crippen LogP contribution in [-0.2, 0) is 26.9 Å². The van der Waals surface area contributed by atoms with Crippen LogP contribution < -0.4 is 5.32 Å². The summed E-state index contributed by atoms with van der Waals surface area (Å²) in [6, 6.07) is 11.1. The highest BCUT2D eigenvalue weighted by atomic mass is 35.5. The Morgan fingerprint density at radius 3 is 2.00 bits per heavy atom. The summed E-state index contributed by atoms with van der Waals surface area (Å²) in [7, 11) is 0. The van der Waals surface area contributed by atoms with Crippen LogP contribution in [0.3, 0.4) is 0 Å². The maximum absolute atomic E-state index is 12.1. The highest BCUT2D eigenvalue weighted by Crippen LogP contribution is 2.28. The van der Waals surface area contributed by atoms with E-state index in [0.717, 1.165) is 12.1 Å². The average molecular weight is 526 g/mol. The molecule has 4 nitrogen and oxygen atoms in total. The number of alkyl halides is 6. The molecule has 0 saturated heterocycles. The molecule has 0 aliphatic rings. The van der Waals surface area contributed by atoms with E-state index in [4.69, 9.17) is 16.3 Å². The molecule has 2 aromatic carbocycles. The number of hydrogen-bond acceptors (Lipinski definition) is 3. The van der Waals surface area contributed by atoms with E-state index in [-0.39, 0.29) is 23.1 Å². The highest BCUT2D eigenvalue weighted by molar-refractivity contribution is 6.33. The van der Waals surface area contributed by atoms with Crippen molar-refractivity contribution in [1.82, 2.24) is 0 Å². The van der Waals surface area contributed by atoms with Gasteiger partial charge < -0.3 is 10.1 Å². The number of aryl methyl sites for hydroxylation is 1. The van der Waals surface area contributed by atoms with Gasteiger partial charge in [0.2, 0.25) is 5.91 Å². The lowest BCUT2D eigenvalue weighted by atomic mass is 10.1. The van der Waals surface area contributed by atoms with E-state index in [2.05, 4.69) is 5.32 Å². The molecule has 0 radical (unpaired) electrons. The van der Waals surface area contributed by atoms with Gasteiger partial charge >= 0.3 is 18.3 Å². The predicted molar refractivity (Wildman–Crippen MR) is 121 cm³/mol. The minimum Gasteiger partial charge on any atom is -0.460 e. The van der Waals surface area contributed by atoms with Crippen LogP contribution in [0.25, 0.3) is 0 Å². The maximum atomic E-state index is 12.1. The van der Waals surface area contributed by atoms with E-state index in [1.54, 1.807) is 32.9 Å². The Labute approximate surface area is 204 Å². The van der Waals surface area contributed by atoms with Crippen LogP contribution in [-0.4, -0.2) is 23.7 Å². The number of amides is 1. The standard InChI is InChI=1S/C17H21ClF3NO3.C7H5F3/c1-16(2,3)25-15(24)7-5-11-4-6-12(18)13(10-11)22-14(23)8-9-17(19,20)21;8-7(9,10)6-4-2-1-3-5-6/h4,6,10H,5,7-9H2,1-3H3,(H,22,23);1-5H. The zero-order valence-corrected chi connectivity index (χ0v) is 20.1. The Hall–Kier alpha value is -2.75. The van der Waals surface area contributed by atoms with Crippen molar-refractivity contribution in [3.63, 3.8) is 0 Å². The van der Waals surface area contributed by atoms with Gasteiger partial charge in [-0.25, -0.2) is 0 Å². The van der Waals surface area contributed by atoms with Crippen molar-refractivity contribution < 1.29 is 40.7 Å². The molecule has 0 unspecified atom stereocenters. The van der Waals surface area contributed by atoms with Crippen molar-refractivity contribution in [2.45, 2.75) is 64.4 Å². The van der Waals surface area contributed by atoms with Crippen LogP contribution in [0.1, 0.15) is 51.2 Å². The Balaban J connectivity index is 0.000000507. The van der Waals surface area contributed by atoms with E-state index in [0.29, 0.717) is 12.0 Å².